The quantitative estimate of drug-likeness (QED) is 0.786. The van der Waals surface area contributed by atoms with Crippen molar-refractivity contribution in [3.05, 3.63) is 28.5 Å². The van der Waals surface area contributed by atoms with Crippen molar-refractivity contribution in [2.75, 3.05) is 6.61 Å². The molecule has 2 N–H and O–H groups in total. The molecule has 1 aromatic rings. The van der Waals surface area contributed by atoms with Gasteiger partial charge in [-0.15, -0.1) is 0 Å². The molecule has 0 saturated carbocycles. The fourth-order valence-electron chi connectivity index (χ4n) is 0.892. The number of rotatable bonds is 4. The van der Waals surface area contributed by atoms with E-state index in [0.717, 1.165) is 10.3 Å². The molecule has 4 heteroatoms. The number of halogens is 1. The lowest BCUT2D eigenvalue weighted by molar-refractivity contribution is 0.250. The van der Waals surface area contributed by atoms with E-state index in [4.69, 9.17) is 5.11 Å². The third-order valence-corrected chi connectivity index (χ3v) is 2.12. The average Bonchev–Trinajstić information content (AvgIpc) is 2.14. The fraction of sp³-hybridized carbons (Fsp3) is 0.444. The number of hydrogen-bond donors (Lipinski definition) is 2. The molecule has 1 heterocycles. The highest BCUT2D eigenvalue weighted by atomic mass is 79.9. The molecular weight excluding hydrogens is 232 g/mol. The van der Waals surface area contributed by atoms with Crippen LogP contribution >= 0.6 is 15.9 Å². The second-order valence-electron chi connectivity index (χ2n) is 2.92. The van der Waals surface area contributed by atoms with Gasteiger partial charge >= 0.3 is 0 Å². The van der Waals surface area contributed by atoms with Crippen molar-refractivity contribution >= 4 is 15.9 Å². The Bertz CT molecular complexity index is 268. The molecule has 72 valence electrons. The fourth-order valence-corrected chi connectivity index (χ4v) is 1.27. The highest BCUT2D eigenvalue weighted by molar-refractivity contribution is 9.10. The minimum absolute atomic E-state index is 0.112. The summed E-state index contributed by atoms with van der Waals surface area (Å²) in [6.45, 7) is 2.76. The largest absolute Gasteiger partial charge is 0.395 e. The first-order valence-corrected chi connectivity index (χ1v) is 4.97. The molecule has 0 bridgehead atoms. The van der Waals surface area contributed by atoms with Crippen LogP contribution in [-0.2, 0) is 6.54 Å². The molecule has 0 unspecified atom stereocenters. The van der Waals surface area contributed by atoms with Crippen LogP contribution in [0.15, 0.2) is 22.8 Å². The Morgan fingerprint density at radius 1 is 1.62 bits per heavy atom. The summed E-state index contributed by atoms with van der Waals surface area (Å²) in [4.78, 5) is 4.25. The molecule has 13 heavy (non-hydrogen) atoms. The number of nitrogens with one attached hydrogen (secondary N) is 1. The van der Waals surface area contributed by atoms with Gasteiger partial charge in [-0.2, -0.15) is 0 Å². The van der Waals surface area contributed by atoms with Gasteiger partial charge in [0.1, 0.15) is 4.60 Å². The molecule has 0 aromatic carbocycles. The van der Waals surface area contributed by atoms with Crippen molar-refractivity contribution in [3.63, 3.8) is 0 Å². The molecule has 0 aliphatic carbocycles. The van der Waals surface area contributed by atoms with E-state index < -0.39 is 0 Å². The number of hydrogen-bond acceptors (Lipinski definition) is 3. The Balaban J connectivity index is 2.45. The van der Waals surface area contributed by atoms with E-state index in [-0.39, 0.29) is 12.6 Å². The van der Waals surface area contributed by atoms with Crippen molar-refractivity contribution in [1.82, 2.24) is 10.3 Å². The molecule has 1 aromatic heterocycles. The standard InChI is InChI=1S/C9H13BrN2O/c1-7(6-13)11-5-8-3-2-4-9(10)12-8/h2-4,7,11,13H,5-6H2,1H3/t7-/m1/s1. The Hall–Kier alpha value is -0.450. The van der Waals surface area contributed by atoms with Crippen LogP contribution in [0, 0.1) is 0 Å². The first-order chi connectivity index (χ1) is 6.22. The molecule has 0 amide bonds. The van der Waals surface area contributed by atoms with E-state index in [9.17, 15) is 0 Å². The zero-order valence-electron chi connectivity index (χ0n) is 7.50. The Labute approximate surface area is 86.3 Å². The van der Waals surface area contributed by atoms with Crippen LogP contribution in [0.5, 0.6) is 0 Å². The van der Waals surface area contributed by atoms with E-state index in [1.54, 1.807) is 0 Å². The molecule has 3 nitrogen and oxygen atoms in total. The van der Waals surface area contributed by atoms with E-state index in [2.05, 4.69) is 26.2 Å². The number of aliphatic hydroxyl groups is 1. The van der Waals surface area contributed by atoms with Crippen molar-refractivity contribution in [1.29, 1.82) is 0 Å². The number of aromatic nitrogens is 1. The van der Waals surface area contributed by atoms with Gasteiger partial charge in [-0.25, -0.2) is 4.98 Å². The zero-order chi connectivity index (χ0) is 9.68. The van der Waals surface area contributed by atoms with Crippen molar-refractivity contribution in [2.24, 2.45) is 0 Å². The molecule has 0 fully saturated rings. The van der Waals surface area contributed by atoms with Crippen molar-refractivity contribution < 1.29 is 5.11 Å². The summed E-state index contributed by atoms with van der Waals surface area (Å²) >= 11 is 3.30. The van der Waals surface area contributed by atoms with Gasteiger partial charge in [0.2, 0.25) is 0 Å². The lowest BCUT2D eigenvalue weighted by Gasteiger charge is -2.09. The van der Waals surface area contributed by atoms with Crippen LogP contribution in [0.1, 0.15) is 12.6 Å². The van der Waals surface area contributed by atoms with Crippen molar-refractivity contribution in [3.8, 4) is 0 Å². The predicted molar refractivity (Wildman–Crippen MR) is 55.3 cm³/mol. The SMILES string of the molecule is C[C@H](CO)NCc1cccc(Br)n1. The molecule has 1 rings (SSSR count). The Morgan fingerprint density at radius 3 is 3.00 bits per heavy atom. The lowest BCUT2D eigenvalue weighted by atomic mass is 10.3. The van der Waals surface area contributed by atoms with Gasteiger partial charge in [0, 0.05) is 12.6 Å². The Kier molecular flexibility index (Phi) is 4.35. The van der Waals surface area contributed by atoms with Gasteiger partial charge in [-0.05, 0) is 35.0 Å². The van der Waals surface area contributed by atoms with E-state index in [1.807, 2.05) is 25.1 Å². The average molecular weight is 245 g/mol. The summed E-state index contributed by atoms with van der Waals surface area (Å²) < 4.78 is 0.837. The summed E-state index contributed by atoms with van der Waals surface area (Å²) in [6, 6.07) is 5.89. The molecular formula is C9H13BrN2O. The predicted octanol–water partition coefficient (Wildman–Crippen LogP) is 1.31. The van der Waals surface area contributed by atoms with Gasteiger partial charge in [0.05, 0.1) is 12.3 Å². The van der Waals surface area contributed by atoms with Gasteiger partial charge in [0.15, 0.2) is 0 Å². The molecule has 0 spiro atoms. The highest BCUT2D eigenvalue weighted by Gasteiger charge is 1.99. The van der Waals surface area contributed by atoms with E-state index in [1.165, 1.54) is 0 Å². The molecule has 0 aliphatic heterocycles. The van der Waals surface area contributed by atoms with Crippen LogP contribution in [0.4, 0.5) is 0 Å². The maximum absolute atomic E-state index is 8.78. The summed E-state index contributed by atoms with van der Waals surface area (Å²) in [7, 11) is 0. The first-order valence-electron chi connectivity index (χ1n) is 4.18. The second-order valence-corrected chi connectivity index (χ2v) is 3.73. The third-order valence-electron chi connectivity index (χ3n) is 1.68. The summed E-state index contributed by atoms with van der Waals surface area (Å²) in [5.41, 5.74) is 0.967. The van der Waals surface area contributed by atoms with Crippen LogP contribution in [0.3, 0.4) is 0 Å². The minimum Gasteiger partial charge on any atom is -0.395 e. The minimum atomic E-state index is 0.112. The van der Waals surface area contributed by atoms with Gasteiger partial charge in [-0.3, -0.25) is 0 Å². The van der Waals surface area contributed by atoms with Crippen LogP contribution in [0.2, 0.25) is 0 Å². The summed E-state index contributed by atoms with van der Waals surface area (Å²) in [6.07, 6.45) is 0. The van der Waals surface area contributed by atoms with E-state index >= 15 is 0 Å². The van der Waals surface area contributed by atoms with Gasteiger partial charge < -0.3 is 10.4 Å². The topological polar surface area (TPSA) is 45.1 Å². The number of nitrogens with zero attached hydrogens (tertiary/aromatic N) is 1. The number of aliphatic hydroxyl groups excluding tert-OH is 1. The monoisotopic (exact) mass is 244 g/mol. The zero-order valence-corrected chi connectivity index (χ0v) is 9.08. The molecule has 0 saturated heterocycles. The van der Waals surface area contributed by atoms with Crippen LogP contribution < -0.4 is 5.32 Å². The van der Waals surface area contributed by atoms with Crippen LogP contribution in [0.25, 0.3) is 0 Å². The number of pyridine rings is 1. The van der Waals surface area contributed by atoms with Crippen molar-refractivity contribution in [2.45, 2.75) is 19.5 Å². The van der Waals surface area contributed by atoms with Gasteiger partial charge in [0.25, 0.3) is 0 Å². The van der Waals surface area contributed by atoms with E-state index in [0.29, 0.717) is 6.54 Å². The maximum atomic E-state index is 8.78. The smallest absolute Gasteiger partial charge is 0.106 e. The van der Waals surface area contributed by atoms with Gasteiger partial charge in [-0.1, -0.05) is 6.07 Å². The second kappa shape index (κ2) is 5.32. The molecule has 0 aliphatic rings. The van der Waals surface area contributed by atoms with Crippen LogP contribution in [-0.4, -0.2) is 22.7 Å². The summed E-state index contributed by atoms with van der Waals surface area (Å²) in [5, 5.41) is 11.9. The summed E-state index contributed by atoms with van der Waals surface area (Å²) in [5.74, 6) is 0. The highest BCUT2D eigenvalue weighted by Crippen LogP contribution is 2.05. The molecule has 1 atom stereocenters. The Morgan fingerprint density at radius 2 is 2.38 bits per heavy atom. The normalized spacial score (nSPS) is 12.8. The third kappa shape index (κ3) is 3.85. The molecule has 0 radical (unpaired) electrons. The lowest BCUT2D eigenvalue weighted by Crippen LogP contribution is -2.28. The first kappa shape index (κ1) is 10.6. The maximum Gasteiger partial charge on any atom is 0.106 e.